The largest absolute Gasteiger partial charge is 0.478 e. The SMILES string of the molecule is O=C(O)c1cccnc1C(=O)Nc1ccc(F)nc1. The van der Waals surface area contributed by atoms with Crippen LogP contribution in [0, 0.1) is 5.95 Å². The molecule has 96 valence electrons. The number of rotatable bonds is 3. The Bertz CT molecular complexity index is 628. The molecule has 0 aliphatic rings. The Kier molecular flexibility index (Phi) is 3.46. The fourth-order valence-electron chi connectivity index (χ4n) is 1.40. The number of aromatic carboxylic acids is 1. The van der Waals surface area contributed by atoms with Gasteiger partial charge >= 0.3 is 5.97 Å². The van der Waals surface area contributed by atoms with Crippen molar-refractivity contribution in [3.63, 3.8) is 0 Å². The summed E-state index contributed by atoms with van der Waals surface area (Å²) in [6.07, 6.45) is 2.43. The Hall–Kier alpha value is -2.83. The number of pyridine rings is 2. The van der Waals surface area contributed by atoms with Gasteiger partial charge in [0.25, 0.3) is 5.91 Å². The van der Waals surface area contributed by atoms with E-state index in [1.807, 2.05) is 0 Å². The van der Waals surface area contributed by atoms with Gasteiger partial charge in [0.15, 0.2) is 0 Å². The van der Waals surface area contributed by atoms with Crippen LogP contribution < -0.4 is 5.32 Å². The van der Waals surface area contributed by atoms with E-state index in [0.717, 1.165) is 12.3 Å². The smallest absolute Gasteiger partial charge is 0.338 e. The van der Waals surface area contributed by atoms with Gasteiger partial charge < -0.3 is 10.4 Å². The van der Waals surface area contributed by atoms with Crippen molar-refractivity contribution >= 4 is 17.6 Å². The van der Waals surface area contributed by atoms with Crippen LogP contribution in [0.5, 0.6) is 0 Å². The van der Waals surface area contributed by atoms with E-state index >= 15 is 0 Å². The molecule has 19 heavy (non-hydrogen) atoms. The molecule has 0 unspecified atom stereocenters. The predicted octanol–water partition coefficient (Wildman–Crippen LogP) is 1.57. The van der Waals surface area contributed by atoms with Crippen LogP contribution in [-0.2, 0) is 0 Å². The fraction of sp³-hybridized carbons (Fsp3) is 0. The van der Waals surface area contributed by atoms with Crippen LogP contribution in [0.15, 0.2) is 36.7 Å². The zero-order valence-electron chi connectivity index (χ0n) is 9.50. The van der Waals surface area contributed by atoms with Crippen LogP contribution in [-0.4, -0.2) is 27.0 Å². The molecular formula is C12H8FN3O3. The Morgan fingerprint density at radius 3 is 2.63 bits per heavy atom. The minimum atomic E-state index is -1.25. The van der Waals surface area contributed by atoms with Gasteiger partial charge in [0.2, 0.25) is 5.95 Å². The van der Waals surface area contributed by atoms with E-state index in [-0.39, 0.29) is 16.9 Å². The summed E-state index contributed by atoms with van der Waals surface area (Å²) >= 11 is 0. The third kappa shape index (κ3) is 2.89. The lowest BCUT2D eigenvalue weighted by Crippen LogP contribution is -2.18. The zero-order valence-corrected chi connectivity index (χ0v) is 9.50. The van der Waals surface area contributed by atoms with Gasteiger partial charge in [-0.05, 0) is 24.3 Å². The number of carbonyl (C=O) groups excluding carboxylic acids is 1. The molecule has 7 heteroatoms. The number of halogens is 1. The van der Waals surface area contributed by atoms with E-state index in [1.54, 1.807) is 0 Å². The molecule has 0 aromatic carbocycles. The van der Waals surface area contributed by atoms with Crippen LogP contribution in [0.2, 0.25) is 0 Å². The van der Waals surface area contributed by atoms with Crippen LogP contribution >= 0.6 is 0 Å². The van der Waals surface area contributed by atoms with Gasteiger partial charge in [0, 0.05) is 6.20 Å². The molecule has 0 bridgehead atoms. The molecule has 2 aromatic heterocycles. The Labute approximate surface area is 106 Å². The quantitative estimate of drug-likeness (QED) is 0.818. The first kappa shape index (κ1) is 12.6. The molecule has 2 N–H and O–H groups in total. The van der Waals surface area contributed by atoms with Crippen molar-refractivity contribution in [2.75, 3.05) is 5.32 Å². The number of carbonyl (C=O) groups is 2. The summed E-state index contributed by atoms with van der Waals surface area (Å²) in [7, 11) is 0. The maximum Gasteiger partial charge on any atom is 0.338 e. The van der Waals surface area contributed by atoms with Crippen molar-refractivity contribution < 1.29 is 19.1 Å². The first-order valence-corrected chi connectivity index (χ1v) is 5.19. The Morgan fingerprint density at radius 1 is 1.21 bits per heavy atom. The summed E-state index contributed by atoms with van der Waals surface area (Å²) in [4.78, 5) is 29.9. The summed E-state index contributed by atoms with van der Waals surface area (Å²) < 4.78 is 12.6. The lowest BCUT2D eigenvalue weighted by molar-refractivity contribution is 0.0691. The molecule has 2 rings (SSSR count). The summed E-state index contributed by atoms with van der Waals surface area (Å²) in [5.74, 6) is -2.64. The summed E-state index contributed by atoms with van der Waals surface area (Å²) in [6.45, 7) is 0. The number of hydrogen-bond acceptors (Lipinski definition) is 4. The average molecular weight is 261 g/mol. The van der Waals surface area contributed by atoms with Gasteiger partial charge in [-0.25, -0.2) is 9.78 Å². The first-order chi connectivity index (χ1) is 9.08. The number of aromatic nitrogens is 2. The van der Waals surface area contributed by atoms with E-state index in [9.17, 15) is 14.0 Å². The number of anilines is 1. The third-order valence-corrected chi connectivity index (χ3v) is 2.24. The maximum absolute atomic E-state index is 12.6. The molecule has 0 fully saturated rings. The average Bonchev–Trinajstić information content (AvgIpc) is 2.41. The first-order valence-electron chi connectivity index (χ1n) is 5.19. The molecule has 1 amide bonds. The minimum Gasteiger partial charge on any atom is -0.478 e. The van der Waals surface area contributed by atoms with Crippen LogP contribution in [0.4, 0.5) is 10.1 Å². The van der Waals surface area contributed by atoms with Crippen molar-refractivity contribution in [2.45, 2.75) is 0 Å². The van der Waals surface area contributed by atoms with E-state index < -0.39 is 17.8 Å². The Morgan fingerprint density at radius 2 is 2.00 bits per heavy atom. The second kappa shape index (κ2) is 5.21. The van der Waals surface area contributed by atoms with Crippen molar-refractivity contribution in [2.24, 2.45) is 0 Å². The second-order valence-corrected chi connectivity index (χ2v) is 3.53. The minimum absolute atomic E-state index is 0.213. The monoisotopic (exact) mass is 261 g/mol. The number of carboxylic acid groups (broad SMARTS) is 1. The standard InChI is InChI=1S/C12H8FN3O3/c13-9-4-3-7(6-15-9)16-11(17)10-8(12(18)19)2-1-5-14-10/h1-6H,(H,16,17)(H,18,19). The van der Waals surface area contributed by atoms with Gasteiger partial charge in [-0.3, -0.25) is 9.78 Å². The lowest BCUT2D eigenvalue weighted by atomic mass is 10.2. The number of hydrogen-bond donors (Lipinski definition) is 2. The maximum atomic E-state index is 12.6. The van der Waals surface area contributed by atoms with Crippen LogP contribution in [0.3, 0.4) is 0 Å². The topological polar surface area (TPSA) is 92.2 Å². The summed E-state index contributed by atoms with van der Waals surface area (Å²) in [5.41, 5.74) is -0.192. The molecule has 0 aliphatic carbocycles. The van der Waals surface area contributed by atoms with E-state index in [1.165, 1.54) is 24.4 Å². The predicted molar refractivity (Wildman–Crippen MR) is 63.3 cm³/mol. The highest BCUT2D eigenvalue weighted by molar-refractivity contribution is 6.09. The zero-order chi connectivity index (χ0) is 13.8. The Balaban J connectivity index is 2.25. The van der Waals surface area contributed by atoms with Crippen molar-refractivity contribution in [1.29, 1.82) is 0 Å². The third-order valence-electron chi connectivity index (χ3n) is 2.24. The molecular weight excluding hydrogens is 253 g/mol. The number of amides is 1. The molecule has 2 aromatic rings. The molecule has 0 saturated carbocycles. The van der Waals surface area contributed by atoms with E-state index in [2.05, 4.69) is 15.3 Å². The normalized spacial score (nSPS) is 9.95. The van der Waals surface area contributed by atoms with Crippen molar-refractivity contribution in [1.82, 2.24) is 9.97 Å². The van der Waals surface area contributed by atoms with Gasteiger partial charge in [-0.2, -0.15) is 4.39 Å². The van der Waals surface area contributed by atoms with Crippen molar-refractivity contribution in [3.8, 4) is 0 Å². The van der Waals surface area contributed by atoms with Gasteiger partial charge in [-0.15, -0.1) is 0 Å². The van der Waals surface area contributed by atoms with Gasteiger partial charge in [0.05, 0.1) is 17.4 Å². The summed E-state index contributed by atoms with van der Waals surface area (Å²) in [5, 5.41) is 11.3. The molecule has 6 nitrogen and oxygen atoms in total. The van der Waals surface area contributed by atoms with E-state index in [0.29, 0.717) is 0 Å². The molecule has 0 spiro atoms. The molecule has 0 radical (unpaired) electrons. The molecule has 0 aliphatic heterocycles. The number of nitrogens with zero attached hydrogens (tertiary/aromatic N) is 2. The van der Waals surface area contributed by atoms with Gasteiger partial charge in [-0.1, -0.05) is 0 Å². The van der Waals surface area contributed by atoms with Crippen LogP contribution in [0.25, 0.3) is 0 Å². The number of carboxylic acids is 1. The molecule has 0 atom stereocenters. The fourth-order valence-corrected chi connectivity index (χ4v) is 1.40. The highest BCUT2D eigenvalue weighted by Crippen LogP contribution is 2.10. The van der Waals surface area contributed by atoms with Gasteiger partial charge in [0.1, 0.15) is 5.69 Å². The number of nitrogens with one attached hydrogen (secondary N) is 1. The molecule has 0 saturated heterocycles. The second-order valence-electron chi connectivity index (χ2n) is 3.53. The van der Waals surface area contributed by atoms with E-state index in [4.69, 9.17) is 5.11 Å². The highest BCUT2D eigenvalue weighted by atomic mass is 19.1. The molecule has 2 heterocycles. The van der Waals surface area contributed by atoms with Crippen molar-refractivity contribution in [3.05, 3.63) is 53.9 Å². The van der Waals surface area contributed by atoms with Crippen LogP contribution in [0.1, 0.15) is 20.8 Å². The summed E-state index contributed by atoms with van der Waals surface area (Å²) in [6, 6.07) is 5.07. The lowest BCUT2D eigenvalue weighted by Gasteiger charge is -2.06. The highest BCUT2D eigenvalue weighted by Gasteiger charge is 2.17.